The first kappa shape index (κ1) is 15.9. The van der Waals surface area contributed by atoms with Gasteiger partial charge in [0.2, 0.25) is 5.91 Å². The molecule has 1 fully saturated rings. The third kappa shape index (κ3) is 2.80. The Morgan fingerprint density at radius 2 is 2.00 bits per heavy atom. The molecule has 0 bridgehead atoms. The molecule has 5 heteroatoms. The molecule has 2 aliphatic heterocycles. The van der Waals surface area contributed by atoms with Gasteiger partial charge in [-0.25, -0.2) is 4.98 Å². The number of carbonyl (C=O) groups is 1. The van der Waals surface area contributed by atoms with Gasteiger partial charge in [-0.3, -0.25) is 4.79 Å². The number of para-hydroxylation sites is 2. The summed E-state index contributed by atoms with van der Waals surface area (Å²) in [5, 5.41) is 0.0295. The second-order valence-corrected chi connectivity index (χ2v) is 8.43. The summed E-state index contributed by atoms with van der Waals surface area (Å²) in [5.41, 5.74) is 3.39. The van der Waals surface area contributed by atoms with E-state index in [1.807, 2.05) is 18.2 Å². The number of aromatic amines is 1. The number of benzene rings is 2. The average molecular weight is 363 g/mol. The van der Waals surface area contributed by atoms with Gasteiger partial charge in [0.1, 0.15) is 5.82 Å². The number of aromatic nitrogens is 2. The minimum Gasteiger partial charge on any atom is -0.342 e. The standard InChI is InChI=1S/C21H21N3OS/c25-21(19-12-14-6-1-4-10-18(14)26-19)24-11-5-7-15(13-24)20-22-16-8-2-3-9-17(16)23-20/h1-4,6,8-10,15,19H,5,7,11-13H2,(H,22,23)/t15-,19-/m0/s1. The molecule has 26 heavy (non-hydrogen) atoms. The number of carbonyl (C=O) groups excluding carboxylic acids is 1. The number of hydrogen-bond acceptors (Lipinski definition) is 3. The highest BCUT2D eigenvalue weighted by Gasteiger charge is 2.34. The fraction of sp³-hybridized carbons (Fsp3) is 0.333. The number of nitrogens with one attached hydrogen (secondary N) is 1. The van der Waals surface area contributed by atoms with Crippen LogP contribution in [-0.4, -0.2) is 39.1 Å². The Morgan fingerprint density at radius 1 is 1.15 bits per heavy atom. The molecule has 3 heterocycles. The van der Waals surface area contributed by atoms with Crippen LogP contribution in [-0.2, 0) is 11.2 Å². The van der Waals surface area contributed by atoms with Crippen LogP contribution in [0, 0.1) is 0 Å². The van der Waals surface area contributed by atoms with Gasteiger partial charge in [-0.1, -0.05) is 30.3 Å². The molecule has 0 spiro atoms. The average Bonchev–Trinajstić information content (AvgIpc) is 3.31. The monoisotopic (exact) mass is 363 g/mol. The Balaban J connectivity index is 1.32. The van der Waals surface area contributed by atoms with Crippen LogP contribution in [0.1, 0.15) is 30.1 Å². The van der Waals surface area contributed by atoms with Gasteiger partial charge in [-0.2, -0.15) is 0 Å². The van der Waals surface area contributed by atoms with Crippen LogP contribution >= 0.6 is 11.8 Å². The molecule has 0 radical (unpaired) electrons. The number of rotatable bonds is 2. The van der Waals surface area contributed by atoms with Crippen molar-refractivity contribution in [2.75, 3.05) is 13.1 Å². The lowest BCUT2D eigenvalue weighted by Crippen LogP contribution is -2.43. The molecule has 1 aromatic heterocycles. The van der Waals surface area contributed by atoms with E-state index < -0.39 is 0 Å². The zero-order valence-corrected chi connectivity index (χ0v) is 15.3. The Labute approximate surface area is 157 Å². The van der Waals surface area contributed by atoms with E-state index in [2.05, 4.69) is 40.2 Å². The van der Waals surface area contributed by atoms with Crippen LogP contribution in [0.2, 0.25) is 0 Å². The Kier molecular flexibility index (Phi) is 3.97. The fourth-order valence-corrected chi connectivity index (χ4v) is 5.37. The number of piperidine rings is 1. The van der Waals surface area contributed by atoms with E-state index in [1.165, 1.54) is 10.5 Å². The van der Waals surface area contributed by atoms with Crippen LogP contribution in [0.5, 0.6) is 0 Å². The molecule has 0 aliphatic carbocycles. The zero-order valence-electron chi connectivity index (χ0n) is 14.5. The molecule has 0 unspecified atom stereocenters. The predicted octanol–water partition coefficient (Wildman–Crippen LogP) is 3.99. The van der Waals surface area contributed by atoms with E-state index in [9.17, 15) is 4.79 Å². The molecule has 1 amide bonds. The summed E-state index contributed by atoms with van der Waals surface area (Å²) in [6, 6.07) is 16.5. The topological polar surface area (TPSA) is 49.0 Å². The summed E-state index contributed by atoms with van der Waals surface area (Å²) >= 11 is 1.72. The van der Waals surface area contributed by atoms with E-state index in [0.717, 1.165) is 49.2 Å². The first-order valence-electron chi connectivity index (χ1n) is 9.26. The Morgan fingerprint density at radius 3 is 2.88 bits per heavy atom. The van der Waals surface area contributed by atoms with Crippen molar-refractivity contribution in [2.24, 2.45) is 0 Å². The lowest BCUT2D eigenvalue weighted by Gasteiger charge is -2.33. The van der Waals surface area contributed by atoms with Gasteiger partial charge in [-0.15, -0.1) is 11.8 Å². The summed E-state index contributed by atoms with van der Waals surface area (Å²) in [5.74, 6) is 1.60. The number of nitrogens with zero attached hydrogens (tertiary/aromatic N) is 2. The van der Waals surface area contributed by atoms with E-state index >= 15 is 0 Å². The summed E-state index contributed by atoms with van der Waals surface area (Å²) in [6.45, 7) is 1.63. The SMILES string of the molecule is O=C([C@@H]1Cc2ccccc2S1)N1CCC[C@H](c2nc3ccccc3[nH]2)C1. The van der Waals surface area contributed by atoms with Gasteiger partial charge in [0, 0.05) is 23.9 Å². The molecule has 3 aromatic rings. The third-order valence-corrected chi connectivity index (χ3v) is 6.76. The zero-order chi connectivity index (χ0) is 17.5. The lowest BCUT2D eigenvalue weighted by atomic mass is 9.96. The van der Waals surface area contributed by atoms with Gasteiger partial charge in [0.05, 0.1) is 16.3 Å². The van der Waals surface area contributed by atoms with Crippen molar-refractivity contribution < 1.29 is 4.79 Å². The number of hydrogen-bond donors (Lipinski definition) is 1. The molecule has 5 rings (SSSR count). The minimum absolute atomic E-state index is 0.0295. The summed E-state index contributed by atoms with van der Waals surface area (Å²) in [7, 11) is 0. The number of amides is 1. The van der Waals surface area contributed by atoms with Gasteiger partial charge in [-0.05, 0) is 43.0 Å². The lowest BCUT2D eigenvalue weighted by molar-refractivity contribution is -0.131. The minimum atomic E-state index is 0.0295. The van der Waals surface area contributed by atoms with Crippen LogP contribution in [0.25, 0.3) is 11.0 Å². The number of imidazole rings is 1. The number of H-pyrrole nitrogens is 1. The quantitative estimate of drug-likeness (QED) is 0.749. The molecule has 132 valence electrons. The molecular formula is C21H21N3OS. The maximum absolute atomic E-state index is 13.1. The molecule has 1 N–H and O–H groups in total. The van der Waals surface area contributed by atoms with E-state index in [4.69, 9.17) is 4.98 Å². The molecule has 1 saturated heterocycles. The highest BCUT2D eigenvalue weighted by atomic mass is 32.2. The largest absolute Gasteiger partial charge is 0.342 e. The number of fused-ring (bicyclic) bond motifs is 2. The maximum Gasteiger partial charge on any atom is 0.236 e. The maximum atomic E-state index is 13.1. The summed E-state index contributed by atoms with van der Waals surface area (Å²) in [6.07, 6.45) is 2.98. The molecule has 4 nitrogen and oxygen atoms in total. The molecular weight excluding hydrogens is 342 g/mol. The summed E-state index contributed by atoms with van der Waals surface area (Å²) in [4.78, 5) is 24.6. The highest BCUT2D eigenvalue weighted by Crippen LogP contribution is 2.38. The van der Waals surface area contributed by atoms with Crippen LogP contribution in [0.4, 0.5) is 0 Å². The van der Waals surface area contributed by atoms with Crippen molar-refractivity contribution in [3.63, 3.8) is 0 Å². The Bertz CT molecular complexity index is 909. The van der Waals surface area contributed by atoms with Crippen molar-refractivity contribution in [3.8, 4) is 0 Å². The van der Waals surface area contributed by atoms with Gasteiger partial charge in [0.15, 0.2) is 0 Å². The van der Waals surface area contributed by atoms with Gasteiger partial charge in [0.25, 0.3) is 0 Å². The fourth-order valence-electron chi connectivity index (χ4n) is 4.09. The highest BCUT2D eigenvalue weighted by molar-refractivity contribution is 8.01. The molecule has 2 aromatic carbocycles. The molecule has 2 aliphatic rings. The van der Waals surface area contributed by atoms with Crippen LogP contribution < -0.4 is 0 Å². The summed E-state index contributed by atoms with van der Waals surface area (Å²) < 4.78 is 0. The second-order valence-electron chi connectivity index (χ2n) is 7.18. The second kappa shape index (κ2) is 6.47. The molecule has 0 saturated carbocycles. The number of thioether (sulfide) groups is 1. The van der Waals surface area contributed by atoms with Crippen LogP contribution in [0.15, 0.2) is 53.4 Å². The van der Waals surface area contributed by atoms with E-state index in [0.29, 0.717) is 5.92 Å². The third-order valence-electron chi connectivity index (χ3n) is 5.45. The number of likely N-dealkylation sites (tertiary alicyclic amines) is 1. The van der Waals surface area contributed by atoms with Crippen molar-refractivity contribution >= 4 is 28.7 Å². The predicted molar refractivity (Wildman–Crippen MR) is 104 cm³/mol. The van der Waals surface area contributed by atoms with Crippen molar-refractivity contribution in [3.05, 3.63) is 59.9 Å². The first-order valence-corrected chi connectivity index (χ1v) is 10.1. The normalized spacial score (nSPS) is 22.5. The van der Waals surface area contributed by atoms with Crippen molar-refractivity contribution in [2.45, 2.75) is 35.3 Å². The van der Waals surface area contributed by atoms with E-state index in [-0.39, 0.29) is 11.2 Å². The van der Waals surface area contributed by atoms with Gasteiger partial charge >= 0.3 is 0 Å². The van der Waals surface area contributed by atoms with Gasteiger partial charge < -0.3 is 9.88 Å². The van der Waals surface area contributed by atoms with Crippen molar-refractivity contribution in [1.82, 2.24) is 14.9 Å². The van der Waals surface area contributed by atoms with Crippen LogP contribution in [0.3, 0.4) is 0 Å². The van der Waals surface area contributed by atoms with E-state index in [1.54, 1.807) is 11.8 Å². The first-order chi connectivity index (χ1) is 12.8. The molecule has 2 atom stereocenters. The smallest absolute Gasteiger partial charge is 0.236 e. The van der Waals surface area contributed by atoms with Crippen molar-refractivity contribution in [1.29, 1.82) is 0 Å². The Hall–Kier alpha value is -2.27.